The zero-order chi connectivity index (χ0) is 22.1. The van der Waals surface area contributed by atoms with E-state index < -0.39 is 5.91 Å². The van der Waals surface area contributed by atoms with Crippen LogP contribution in [-0.4, -0.2) is 35.7 Å². The number of halogens is 1. The molecule has 0 aliphatic carbocycles. The molecule has 0 aliphatic heterocycles. The van der Waals surface area contributed by atoms with Crippen LogP contribution < -0.4 is 5.43 Å². The quantitative estimate of drug-likeness (QED) is 0.347. The molecule has 2 N–H and O–H groups in total. The summed E-state index contributed by atoms with van der Waals surface area (Å²) in [5, 5.41) is 13.5. The molecule has 0 spiro atoms. The predicted molar refractivity (Wildman–Crippen MR) is 124 cm³/mol. The Bertz CT molecular complexity index is 1130. The molecule has 0 bridgehead atoms. The first-order chi connectivity index (χ1) is 15.0. The van der Waals surface area contributed by atoms with Crippen LogP contribution in [0.2, 0.25) is 5.02 Å². The Labute approximate surface area is 187 Å². The Morgan fingerprint density at radius 3 is 2.71 bits per heavy atom. The second kappa shape index (κ2) is 11.0. The molecule has 6 heteroatoms. The molecule has 3 aromatic rings. The Kier molecular flexibility index (Phi) is 7.83. The molecule has 0 unspecified atom stereocenters. The van der Waals surface area contributed by atoms with E-state index in [1.54, 1.807) is 6.21 Å². The van der Waals surface area contributed by atoms with E-state index in [1.165, 1.54) is 23.8 Å². The number of carbonyl (C=O) groups is 1. The molecular formula is C25H22ClN3O2. The van der Waals surface area contributed by atoms with E-state index in [1.807, 2.05) is 49.5 Å². The largest absolute Gasteiger partial charge is 0.506 e. The van der Waals surface area contributed by atoms with E-state index in [4.69, 9.17) is 11.6 Å². The second-order valence-electron chi connectivity index (χ2n) is 6.95. The normalized spacial score (nSPS) is 10.7. The Morgan fingerprint density at radius 1 is 1.13 bits per heavy atom. The summed E-state index contributed by atoms with van der Waals surface area (Å²) in [5.41, 5.74) is 5.68. The summed E-state index contributed by atoms with van der Waals surface area (Å²) in [4.78, 5) is 14.3. The van der Waals surface area contributed by atoms with Crippen LogP contribution >= 0.6 is 11.6 Å². The van der Waals surface area contributed by atoms with Crippen LogP contribution in [0.5, 0.6) is 5.75 Å². The van der Waals surface area contributed by atoms with Crippen molar-refractivity contribution in [2.75, 3.05) is 13.6 Å². The maximum Gasteiger partial charge on any atom is 0.271 e. The number of amides is 1. The van der Waals surface area contributed by atoms with Crippen LogP contribution in [0.1, 0.15) is 27.0 Å². The van der Waals surface area contributed by atoms with Gasteiger partial charge in [-0.15, -0.1) is 0 Å². The van der Waals surface area contributed by atoms with Crippen molar-refractivity contribution in [1.82, 2.24) is 10.3 Å². The lowest BCUT2D eigenvalue weighted by Gasteiger charge is -2.12. The van der Waals surface area contributed by atoms with Gasteiger partial charge in [-0.2, -0.15) is 5.10 Å². The standard InChI is InChI=1S/C25H22ClN3O2/c1-29(18-20-7-3-2-4-8-20)14-6-11-19-9-5-10-21(15-19)17-27-28-25(31)22-12-13-24(30)23(26)16-22/h2-5,7-10,12-13,15-17,30H,14,18H2,1H3,(H,28,31). The molecule has 0 atom stereocenters. The molecule has 3 rings (SSSR count). The average Bonchev–Trinajstić information content (AvgIpc) is 2.76. The molecule has 0 saturated heterocycles. The number of phenols is 1. The van der Waals surface area contributed by atoms with Crippen molar-refractivity contribution in [3.05, 3.63) is 100 Å². The molecule has 0 fully saturated rings. The maximum atomic E-state index is 12.1. The maximum absolute atomic E-state index is 12.1. The van der Waals surface area contributed by atoms with E-state index in [9.17, 15) is 9.90 Å². The zero-order valence-electron chi connectivity index (χ0n) is 17.0. The van der Waals surface area contributed by atoms with Gasteiger partial charge < -0.3 is 5.11 Å². The van der Waals surface area contributed by atoms with Crippen LogP contribution in [-0.2, 0) is 6.54 Å². The molecule has 0 radical (unpaired) electrons. The number of aromatic hydroxyl groups is 1. The summed E-state index contributed by atoms with van der Waals surface area (Å²) in [5.74, 6) is 5.84. The fourth-order valence-electron chi connectivity index (χ4n) is 2.80. The summed E-state index contributed by atoms with van der Waals surface area (Å²) >= 11 is 5.82. The zero-order valence-corrected chi connectivity index (χ0v) is 17.8. The molecule has 5 nitrogen and oxygen atoms in total. The van der Waals surface area contributed by atoms with Crippen molar-refractivity contribution in [1.29, 1.82) is 0 Å². The van der Waals surface area contributed by atoms with Crippen molar-refractivity contribution in [2.24, 2.45) is 5.10 Å². The topological polar surface area (TPSA) is 64.9 Å². The van der Waals surface area contributed by atoms with Gasteiger partial charge in [-0.1, -0.05) is 65.9 Å². The minimum atomic E-state index is -0.421. The van der Waals surface area contributed by atoms with Gasteiger partial charge in [-0.3, -0.25) is 9.69 Å². The average molecular weight is 432 g/mol. The molecule has 1 amide bonds. The van der Waals surface area contributed by atoms with Gasteiger partial charge in [0.25, 0.3) is 5.91 Å². The first-order valence-corrected chi connectivity index (χ1v) is 10.0. The first kappa shape index (κ1) is 22.1. The number of hydrogen-bond acceptors (Lipinski definition) is 4. The van der Waals surface area contributed by atoms with Crippen molar-refractivity contribution in [2.45, 2.75) is 6.54 Å². The Balaban J connectivity index is 1.54. The van der Waals surface area contributed by atoms with Gasteiger partial charge in [-0.05, 0) is 48.5 Å². The highest BCUT2D eigenvalue weighted by Crippen LogP contribution is 2.23. The number of rotatable bonds is 6. The summed E-state index contributed by atoms with van der Waals surface area (Å²) < 4.78 is 0. The summed E-state index contributed by atoms with van der Waals surface area (Å²) in [6, 6.07) is 22.1. The van der Waals surface area contributed by atoms with E-state index >= 15 is 0 Å². The third-order valence-electron chi connectivity index (χ3n) is 4.35. The van der Waals surface area contributed by atoms with Crippen LogP contribution in [0.25, 0.3) is 0 Å². The van der Waals surface area contributed by atoms with Gasteiger partial charge >= 0.3 is 0 Å². The SMILES string of the molecule is CN(CC#Cc1cccc(C=NNC(=O)c2ccc(O)c(Cl)c2)c1)Cc1ccccc1. The van der Waals surface area contributed by atoms with Crippen molar-refractivity contribution >= 4 is 23.7 Å². The highest BCUT2D eigenvalue weighted by molar-refractivity contribution is 6.32. The predicted octanol–water partition coefficient (Wildman–Crippen LogP) is 4.29. The highest BCUT2D eigenvalue weighted by atomic mass is 35.5. The van der Waals surface area contributed by atoms with E-state index in [0.29, 0.717) is 12.1 Å². The third-order valence-corrected chi connectivity index (χ3v) is 4.66. The molecule has 0 heterocycles. The van der Waals surface area contributed by atoms with Crippen LogP contribution in [0, 0.1) is 11.8 Å². The molecule has 156 valence electrons. The van der Waals surface area contributed by atoms with Gasteiger partial charge in [0, 0.05) is 17.7 Å². The van der Waals surface area contributed by atoms with E-state index in [-0.39, 0.29) is 10.8 Å². The number of nitrogens with zero attached hydrogens (tertiary/aromatic N) is 2. The third kappa shape index (κ3) is 7.00. The molecule has 31 heavy (non-hydrogen) atoms. The van der Waals surface area contributed by atoms with Crippen molar-refractivity contribution in [3.63, 3.8) is 0 Å². The lowest BCUT2D eigenvalue weighted by Crippen LogP contribution is -2.17. The smallest absolute Gasteiger partial charge is 0.271 e. The number of hydrazone groups is 1. The van der Waals surface area contributed by atoms with Gasteiger partial charge in [0.1, 0.15) is 5.75 Å². The fraction of sp³-hybridized carbons (Fsp3) is 0.120. The number of carbonyl (C=O) groups excluding carboxylic acids is 1. The number of phenolic OH excluding ortho intramolecular Hbond substituents is 1. The fourth-order valence-corrected chi connectivity index (χ4v) is 2.98. The minimum Gasteiger partial charge on any atom is -0.506 e. The summed E-state index contributed by atoms with van der Waals surface area (Å²) in [7, 11) is 2.04. The Morgan fingerprint density at radius 2 is 1.94 bits per heavy atom. The molecule has 0 saturated carbocycles. The van der Waals surface area contributed by atoms with Crippen LogP contribution in [0.15, 0.2) is 77.9 Å². The van der Waals surface area contributed by atoms with Gasteiger partial charge in [0.2, 0.25) is 0 Å². The van der Waals surface area contributed by atoms with E-state index in [0.717, 1.165) is 17.7 Å². The van der Waals surface area contributed by atoms with Crippen molar-refractivity contribution in [3.8, 4) is 17.6 Å². The lowest BCUT2D eigenvalue weighted by atomic mass is 10.1. The number of nitrogens with one attached hydrogen (secondary N) is 1. The molecule has 0 aromatic heterocycles. The summed E-state index contributed by atoms with van der Waals surface area (Å²) in [6.07, 6.45) is 1.55. The van der Waals surface area contributed by atoms with Crippen LogP contribution in [0.3, 0.4) is 0 Å². The monoisotopic (exact) mass is 431 g/mol. The highest BCUT2D eigenvalue weighted by Gasteiger charge is 2.07. The van der Waals surface area contributed by atoms with Crippen molar-refractivity contribution < 1.29 is 9.90 Å². The van der Waals surface area contributed by atoms with Gasteiger partial charge in [0.15, 0.2) is 0 Å². The lowest BCUT2D eigenvalue weighted by molar-refractivity contribution is 0.0955. The number of benzene rings is 3. The molecular weight excluding hydrogens is 410 g/mol. The number of hydrogen-bond donors (Lipinski definition) is 2. The Hall–Kier alpha value is -3.59. The van der Waals surface area contributed by atoms with Crippen LogP contribution in [0.4, 0.5) is 0 Å². The van der Waals surface area contributed by atoms with E-state index in [2.05, 4.69) is 39.4 Å². The molecule has 0 aliphatic rings. The second-order valence-corrected chi connectivity index (χ2v) is 7.36. The first-order valence-electron chi connectivity index (χ1n) is 9.64. The van der Waals surface area contributed by atoms with Gasteiger partial charge in [-0.25, -0.2) is 5.43 Å². The summed E-state index contributed by atoms with van der Waals surface area (Å²) in [6.45, 7) is 1.49. The van der Waals surface area contributed by atoms with Gasteiger partial charge in [0.05, 0.1) is 17.8 Å². The minimum absolute atomic E-state index is 0.0779. The molecule has 3 aromatic carbocycles.